The molecular weight excluding hydrogens is 535 g/mol. The van der Waals surface area contributed by atoms with Crippen molar-refractivity contribution in [3.8, 4) is 0 Å². The first-order chi connectivity index (χ1) is 21.5. The van der Waals surface area contributed by atoms with Crippen LogP contribution in [-0.4, -0.2) is 10.7 Å². The highest BCUT2D eigenvalue weighted by molar-refractivity contribution is 7.19. The minimum Gasteiger partial charge on any atom is -0.229 e. The molecule has 0 amide bonds. The molecule has 0 fully saturated rings. The van der Waals surface area contributed by atoms with Gasteiger partial charge in [0.15, 0.2) is 0 Å². The van der Waals surface area contributed by atoms with Gasteiger partial charge in [0, 0.05) is 5.11 Å². The van der Waals surface area contributed by atoms with E-state index in [0.29, 0.717) is 12.1 Å². The van der Waals surface area contributed by atoms with Gasteiger partial charge in [-0.05, 0) is 39.8 Å². The molecule has 0 saturated carbocycles. The van der Waals surface area contributed by atoms with Crippen LogP contribution in [0.1, 0.15) is 39.8 Å². The predicted molar refractivity (Wildman–Crippen MR) is 186 cm³/mol. The lowest BCUT2D eigenvalue weighted by Crippen LogP contribution is -2.74. The molecule has 0 aliphatic carbocycles. The number of nitrogens with zero attached hydrogens (tertiary/aromatic N) is 4. The lowest BCUT2D eigenvalue weighted by molar-refractivity contribution is -0.703. The minimum absolute atomic E-state index is 0.365. The minimum atomic E-state index is -1.22. The third kappa shape index (κ3) is 6.63. The maximum absolute atomic E-state index is 4.43. The second kappa shape index (κ2) is 14.4. The van der Waals surface area contributed by atoms with E-state index in [0.717, 1.165) is 11.6 Å². The summed E-state index contributed by atoms with van der Waals surface area (Å²) in [6.45, 7) is 8.58. The molecule has 220 valence electrons. The molecule has 1 aromatic heterocycles. The molecule has 44 heavy (non-hydrogen) atoms. The van der Waals surface area contributed by atoms with E-state index in [2.05, 4.69) is 181 Å². The van der Waals surface area contributed by atoms with E-state index in [1.807, 2.05) is 30.3 Å². The Morgan fingerprint density at radius 2 is 0.864 bits per heavy atom. The summed E-state index contributed by atoms with van der Waals surface area (Å²) >= 11 is 0. The molecule has 6 rings (SSSR count). The van der Waals surface area contributed by atoms with Gasteiger partial charge in [-0.3, -0.25) is 0 Å². The number of rotatable bonds is 8. The molecule has 0 radical (unpaired) electrons. The van der Waals surface area contributed by atoms with Crippen LogP contribution in [0, 0.1) is 0 Å². The van der Waals surface area contributed by atoms with Crippen LogP contribution in [0.5, 0.6) is 0 Å². The van der Waals surface area contributed by atoms with Gasteiger partial charge in [-0.2, -0.15) is 21.9 Å². The van der Waals surface area contributed by atoms with Crippen LogP contribution < -0.4 is 26.4 Å². The highest BCUT2D eigenvalue weighted by Crippen LogP contribution is 2.20. The van der Waals surface area contributed by atoms with Crippen LogP contribution in [0.3, 0.4) is 0 Å². The Hall–Kier alpha value is -5.03. The monoisotopic (exact) mass is 576 g/mol. The summed E-state index contributed by atoms with van der Waals surface area (Å²) in [4.78, 5) is 0. The smallest absolute Gasteiger partial charge is 0.229 e. The van der Waals surface area contributed by atoms with E-state index in [-0.39, 0.29) is 0 Å². The average molecular weight is 577 g/mol. The van der Waals surface area contributed by atoms with Gasteiger partial charge >= 0.3 is 5.95 Å². The molecular formula is C39H41BN4. The fourth-order valence-corrected chi connectivity index (χ4v) is 6.04. The lowest BCUT2D eigenvalue weighted by atomic mass is 9.13. The van der Waals surface area contributed by atoms with Gasteiger partial charge in [-0.15, -0.1) is 0 Å². The molecule has 0 bridgehead atoms. The second-order valence-electron chi connectivity index (χ2n) is 11.6. The Morgan fingerprint density at radius 3 is 1.20 bits per heavy atom. The summed E-state index contributed by atoms with van der Waals surface area (Å²) in [5, 5.41) is 8.75. The number of imidazole rings is 1. The first kappa shape index (κ1) is 30.4. The van der Waals surface area contributed by atoms with Crippen molar-refractivity contribution in [1.82, 2.24) is 4.57 Å². The largest absolute Gasteiger partial charge is 0.421 e. The molecule has 5 heteroatoms. The first-order valence-electron chi connectivity index (χ1n) is 15.5. The molecule has 6 aromatic rings. The SMILES string of the molecule is CC(C)n1cc[n+](C(C)C)c1N=Nc1ccccc1.c1ccc([B-](c2ccccc2)(c2ccccc2)c2ccccc2)cc1. The third-order valence-electron chi connectivity index (χ3n) is 8.17. The van der Waals surface area contributed by atoms with Crippen LogP contribution in [0.2, 0.25) is 0 Å². The summed E-state index contributed by atoms with van der Waals surface area (Å²) < 4.78 is 4.26. The number of hydrogen-bond donors (Lipinski definition) is 0. The van der Waals surface area contributed by atoms with Crippen molar-refractivity contribution in [3.63, 3.8) is 0 Å². The summed E-state index contributed by atoms with van der Waals surface area (Å²) in [7, 11) is 0. The third-order valence-corrected chi connectivity index (χ3v) is 8.17. The standard InChI is InChI=1S/C24H20B.C15H21N4/c1-5-13-21(14-6-1)25(22-15-7-2-8-16-22,23-17-9-3-10-18-23)24-19-11-4-12-20-24;1-12(2)18-10-11-19(13(3)4)15(18)17-16-14-8-6-5-7-9-14/h1-20H;5-13H,1-4H3/q-1;+1. The highest BCUT2D eigenvalue weighted by atomic mass is 15.3. The van der Waals surface area contributed by atoms with Crippen LogP contribution >= 0.6 is 0 Å². The van der Waals surface area contributed by atoms with Crippen LogP contribution in [0.15, 0.2) is 174 Å². The maximum atomic E-state index is 4.43. The zero-order valence-corrected chi connectivity index (χ0v) is 26.1. The van der Waals surface area contributed by atoms with E-state index in [4.69, 9.17) is 0 Å². The zero-order valence-electron chi connectivity index (χ0n) is 26.1. The van der Waals surface area contributed by atoms with Crippen molar-refractivity contribution >= 4 is 39.6 Å². The van der Waals surface area contributed by atoms with Gasteiger partial charge in [0.2, 0.25) is 0 Å². The molecule has 0 aliphatic heterocycles. The quantitative estimate of drug-likeness (QED) is 0.103. The molecule has 0 saturated heterocycles. The normalized spacial score (nSPS) is 11.5. The van der Waals surface area contributed by atoms with E-state index in [9.17, 15) is 0 Å². The van der Waals surface area contributed by atoms with E-state index in [1.165, 1.54) is 21.9 Å². The molecule has 0 spiro atoms. The Morgan fingerprint density at radius 1 is 0.500 bits per heavy atom. The topological polar surface area (TPSA) is 33.5 Å². The molecule has 5 aromatic carbocycles. The van der Waals surface area contributed by atoms with Gasteiger partial charge in [-0.1, -0.05) is 145 Å². The van der Waals surface area contributed by atoms with Crippen molar-refractivity contribution in [2.24, 2.45) is 10.2 Å². The van der Waals surface area contributed by atoms with Crippen LogP contribution in [0.25, 0.3) is 0 Å². The number of aromatic nitrogens is 2. The molecule has 4 nitrogen and oxygen atoms in total. The number of azo groups is 1. The van der Waals surface area contributed by atoms with Gasteiger partial charge in [-0.25, -0.2) is 9.13 Å². The van der Waals surface area contributed by atoms with Crippen molar-refractivity contribution in [3.05, 3.63) is 164 Å². The number of hydrogen-bond acceptors (Lipinski definition) is 2. The van der Waals surface area contributed by atoms with E-state index in [1.54, 1.807) is 0 Å². The van der Waals surface area contributed by atoms with Crippen molar-refractivity contribution in [2.75, 3.05) is 0 Å². The summed E-state index contributed by atoms with van der Waals surface area (Å²) in [5.74, 6) is 0.883. The van der Waals surface area contributed by atoms with Crippen LogP contribution in [-0.2, 0) is 0 Å². The summed E-state index contributed by atoms with van der Waals surface area (Å²) in [6.07, 6.45) is 2.90. The molecule has 0 N–H and O–H groups in total. The fraction of sp³-hybridized carbons (Fsp3) is 0.154. The molecule has 0 aliphatic rings. The maximum Gasteiger partial charge on any atom is 0.421 e. The van der Waals surface area contributed by atoms with Gasteiger partial charge < -0.3 is 0 Å². The van der Waals surface area contributed by atoms with Gasteiger partial charge in [0.25, 0.3) is 0 Å². The van der Waals surface area contributed by atoms with Crippen molar-refractivity contribution in [2.45, 2.75) is 39.8 Å². The Labute approximate surface area is 262 Å². The molecule has 0 unspecified atom stereocenters. The van der Waals surface area contributed by atoms with Crippen molar-refractivity contribution < 1.29 is 4.57 Å². The Bertz CT molecular complexity index is 1540. The fourth-order valence-electron chi connectivity index (χ4n) is 6.04. The lowest BCUT2D eigenvalue weighted by Gasteiger charge is -2.44. The summed E-state index contributed by atoms with van der Waals surface area (Å²) in [6, 6.07) is 54.1. The van der Waals surface area contributed by atoms with Crippen molar-refractivity contribution in [1.29, 1.82) is 0 Å². The second-order valence-corrected chi connectivity index (χ2v) is 11.6. The van der Waals surface area contributed by atoms with Gasteiger partial charge in [0.05, 0.1) is 24.5 Å². The van der Waals surface area contributed by atoms with E-state index < -0.39 is 6.15 Å². The first-order valence-corrected chi connectivity index (χ1v) is 15.5. The van der Waals surface area contributed by atoms with E-state index >= 15 is 0 Å². The summed E-state index contributed by atoms with van der Waals surface area (Å²) in [5.41, 5.74) is 6.23. The number of benzene rings is 5. The van der Waals surface area contributed by atoms with Gasteiger partial charge in [0.1, 0.15) is 11.8 Å². The average Bonchev–Trinajstić information content (AvgIpc) is 3.52. The predicted octanol–water partition coefficient (Wildman–Crippen LogP) is 7.42. The van der Waals surface area contributed by atoms with Crippen LogP contribution in [0.4, 0.5) is 11.6 Å². The highest BCUT2D eigenvalue weighted by Gasteiger charge is 2.31. The molecule has 0 atom stereocenters. The molecule has 1 heterocycles. The Kier molecular flexibility index (Phi) is 9.98. The Balaban J connectivity index is 0.000000182. The zero-order chi connectivity index (χ0) is 30.8.